The number of nitrogens with zero attached hydrogens (tertiary/aromatic N) is 2. The highest BCUT2D eigenvalue weighted by Crippen LogP contribution is 2.48. The van der Waals surface area contributed by atoms with Crippen molar-refractivity contribution in [1.29, 1.82) is 0 Å². The third-order valence-electron chi connectivity index (χ3n) is 6.78. The monoisotopic (exact) mass is 430 g/mol. The van der Waals surface area contributed by atoms with Gasteiger partial charge >= 0.3 is 6.36 Å². The molecule has 2 aromatic heterocycles. The van der Waals surface area contributed by atoms with Crippen molar-refractivity contribution in [3.05, 3.63) is 65.7 Å². The van der Waals surface area contributed by atoms with E-state index in [4.69, 9.17) is 0 Å². The smallest absolute Gasteiger partial charge is 0.406 e. The van der Waals surface area contributed by atoms with Crippen LogP contribution in [0.1, 0.15) is 73.2 Å². The zero-order valence-corrected chi connectivity index (χ0v) is 17.1. The summed E-state index contributed by atoms with van der Waals surface area (Å²) in [6, 6.07) is 8.33. The Balaban J connectivity index is 1.28. The van der Waals surface area contributed by atoms with Crippen LogP contribution in [0.25, 0.3) is 5.52 Å². The fourth-order valence-electron chi connectivity index (χ4n) is 5.05. The molecule has 3 aromatic rings. The molecular weight excluding hydrogens is 405 g/mol. The van der Waals surface area contributed by atoms with E-state index in [1.165, 1.54) is 30.5 Å². The summed E-state index contributed by atoms with van der Waals surface area (Å²) < 4.78 is 43.0. The molecule has 0 bridgehead atoms. The Hall–Kier alpha value is -2.54. The van der Waals surface area contributed by atoms with E-state index < -0.39 is 12.5 Å². The molecule has 1 unspecified atom stereocenters. The zero-order chi connectivity index (χ0) is 21.6. The molecule has 1 aromatic carbocycles. The molecule has 0 amide bonds. The number of alkyl halides is 3. The average molecular weight is 430 g/mol. The number of hydrogen-bond acceptors (Lipinski definition) is 3. The van der Waals surface area contributed by atoms with Crippen LogP contribution >= 0.6 is 0 Å². The second-order valence-electron chi connectivity index (χ2n) is 8.82. The third-order valence-corrected chi connectivity index (χ3v) is 6.78. The van der Waals surface area contributed by atoms with E-state index in [1.807, 2.05) is 16.8 Å². The van der Waals surface area contributed by atoms with Crippen LogP contribution in [-0.2, 0) is 0 Å². The minimum Gasteiger partial charge on any atom is -0.406 e. The average Bonchev–Trinajstić information content (AvgIpc) is 3.48. The quantitative estimate of drug-likeness (QED) is 0.531. The van der Waals surface area contributed by atoms with Gasteiger partial charge in [0, 0.05) is 11.8 Å². The molecule has 0 radical (unpaired) electrons. The fourth-order valence-corrected chi connectivity index (χ4v) is 5.05. The lowest BCUT2D eigenvalue weighted by atomic mass is 9.75. The molecule has 0 spiro atoms. The lowest BCUT2D eigenvalue weighted by Crippen LogP contribution is -2.21. The van der Waals surface area contributed by atoms with Crippen molar-refractivity contribution in [2.75, 3.05) is 0 Å². The summed E-state index contributed by atoms with van der Waals surface area (Å²) in [5.41, 5.74) is 4.29. The van der Waals surface area contributed by atoms with Crippen molar-refractivity contribution in [3.63, 3.8) is 0 Å². The second kappa shape index (κ2) is 7.86. The van der Waals surface area contributed by atoms with Crippen LogP contribution in [-0.4, -0.2) is 20.9 Å². The Bertz CT molecular complexity index is 1050. The topological polar surface area (TPSA) is 46.8 Å². The van der Waals surface area contributed by atoms with Crippen molar-refractivity contribution >= 4 is 5.52 Å². The summed E-state index contributed by atoms with van der Waals surface area (Å²) in [6.45, 7) is 0. The highest BCUT2D eigenvalue weighted by atomic mass is 19.4. The number of fused-ring (bicyclic) bond motifs is 1. The van der Waals surface area contributed by atoms with Crippen LogP contribution in [0.3, 0.4) is 0 Å². The number of aliphatic hydroxyl groups is 1. The predicted molar refractivity (Wildman–Crippen MR) is 110 cm³/mol. The Kier molecular flexibility index (Phi) is 5.16. The van der Waals surface area contributed by atoms with Gasteiger partial charge in [-0.15, -0.1) is 13.2 Å². The van der Waals surface area contributed by atoms with Crippen LogP contribution in [0.5, 0.6) is 5.75 Å². The Morgan fingerprint density at radius 2 is 1.65 bits per heavy atom. The van der Waals surface area contributed by atoms with E-state index in [2.05, 4.69) is 15.8 Å². The van der Waals surface area contributed by atoms with Crippen molar-refractivity contribution in [2.45, 2.75) is 62.8 Å². The molecule has 2 saturated carbocycles. The highest BCUT2D eigenvalue weighted by Gasteiger charge is 2.35. The van der Waals surface area contributed by atoms with E-state index in [-0.39, 0.29) is 17.6 Å². The van der Waals surface area contributed by atoms with Gasteiger partial charge in [0.05, 0.1) is 24.1 Å². The fraction of sp³-hybridized carbons (Fsp3) is 0.458. The second-order valence-corrected chi connectivity index (χ2v) is 8.82. The summed E-state index contributed by atoms with van der Waals surface area (Å²) in [6.07, 6.45) is 6.34. The molecule has 4 nitrogen and oxygen atoms in total. The lowest BCUT2D eigenvalue weighted by Gasteiger charge is -2.33. The van der Waals surface area contributed by atoms with Crippen LogP contribution in [0.4, 0.5) is 13.2 Å². The first-order valence-corrected chi connectivity index (χ1v) is 10.9. The molecule has 164 valence electrons. The number of halogens is 3. The molecule has 31 heavy (non-hydrogen) atoms. The number of ether oxygens (including phenoxy) is 1. The minimum atomic E-state index is -4.67. The number of imidazole rings is 1. The SMILES string of the molecule is OC(c1c(C2CC2)ccn2cncc12)C1CCC(c2ccc(OC(F)(F)F)cc2)CC1. The van der Waals surface area contributed by atoms with E-state index in [0.717, 1.165) is 42.3 Å². The largest absolute Gasteiger partial charge is 0.573 e. The van der Waals surface area contributed by atoms with Gasteiger partial charge in [-0.3, -0.25) is 0 Å². The van der Waals surface area contributed by atoms with Gasteiger partial charge in [0.15, 0.2) is 0 Å². The standard InChI is InChI=1S/C24H25F3N2O2/c25-24(26,27)31-19-9-7-16(8-10-19)15-1-5-18(6-2-15)23(30)22-20(17-3-4-17)11-12-29-14-28-13-21(22)29/h7-15,17-18,23,30H,1-6H2. The number of hydrogen-bond donors (Lipinski definition) is 1. The number of benzene rings is 1. The molecular formula is C24H25F3N2O2. The van der Waals surface area contributed by atoms with Gasteiger partial charge in [-0.1, -0.05) is 12.1 Å². The number of aliphatic hydroxyl groups excluding tert-OH is 1. The Labute approximate surface area is 178 Å². The number of pyridine rings is 1. The summed E-state index contributed by atoms with van der Waals surface area (Å²) in [7, 11) is 0. The Morgan fingerprint density at radius 1 is 0.968 bits per heavy atom. The van der Waals surface area contributed by atoms with E-state index in [0.29, 0.717) is 5.92 Å². The predicted octanol–water partition coefficient (Wildman–Crippen LogP) is 6.12. The van der Waals surface area contributed by atoms with Crippen LogP contribution in [0.15, 0.2) is 49.1 Å². The highest BCUT2D eigenvalue weighted by molar-refractivity contribution is 5.59. The molecule has 1 atom stereocenters. The minimum absolute atomic E-state index is 0.169. The molecule has 0 aliphatic heterocycles. The van der Waals surface area contributed by atoms with Crippen LogP contribution in [0, 0.1) is 5.92 Å². The maximum absolute atomic E-state index is 12.4. The first-order chi connectivity index (χ1) is 14.9. The molecule has 7 heteroatoms. The molecule has 0 saturated heterocycles. The number of aromatic nitrogens is 2. The normalized spacial score (nSPS) is 23.1. The first-order valence-electron chi connectivity index (χ1n) is 10.9. The van der Waals surface area contributed by atoms with Gasteiger partial charge in [-0.25, -0.2) is 4.98 Å². The van der Waals surface area contributed by atoms with E-state index in [9.17, 15) is 18.3 Å². The van der Waals surface area contributed by atoms with Gasteiger partial charge in [-0.2, -0.15) is 0 Å². The van der Waals surface area contributed by atoms with Crippen LogP contribution in [0.2, 0.25) is 0 Å². The molecule has 2 aliphatic carbocycles. The summed E-state index contributed by atoms with van der Waals surface area (Å²) in [4.78, 5) is 4.26. The summed E-state index contributed by atoms with van der Waals surface area (Å²) >= 11 is 0. The van der Waals surface area contributed by atoms with E-state index in [1.54, 1.807) is 18.5 Å². The summed E-state index contributed by atoms with van der Waals surface area (Å²) in [5, 5.41) is 11.4. The maximum atomic E-state index is 12.4. The van der Waals surface area contributed by atoms with Gasteiger partial charge < -0.3 is 14.2 Å². The molecule has 5 rings (SSSR count). The van der Waals surface area contributed by atoms with E-state index >= 15 is 0 Å². The zero-order valence-electron chi connectivity index (χ0n) is 17.1. The summed E-state index contributed by atoms with van der Waals surface area (Å²) in [5.74, 6) is 0.805. The lowest BCUT2D eigenvalue weighted by molar-refractivity contribution is -0.274. The van der Waals surface area contributed by atoms with Crippen molar-refractivity contribution in [1.82, 2.24) is 9.38 Å². The third kappa shape index (κ3) is 4.28. The molecule has 2 aliphatic rings. The van der Waals surface area contributed by atoms with Gasteiger partial charge in [-0.05, 0) is 85.6 Å². The van der Waals surface area contributed by atoms with Gasteiger partial charge in [0.25, 0.3) is 0 Å². The van der Waals surface area contributed by atoms with Crippen molar-refractivity contribution in [2.24, 2.45) is 5.92 Å². The molecule has 2 fully saturated rings. The van der Waals surface area contributed by atoms with Gasteiger partial charge in [0.2, 0.25) is 0 Å². The molecule has 1 N–H and O–H groups in total. The van der Waals surface area contributed by atoms with Crippen molar-refractivity contribution in [3.8, 4) is 5.75 Å². The molecule has 2 heterocycles. The first kappa shape index (κ1) is 20.4. The van der Waals surface area contributed by atoms with Crippen molar-refractivity contribution < 1.29 is 23.0 Å². The van der Waals surface area contributed by atoms with Crippen LogP contribution < -0.4 is 4.74 Å². The number of rotatable bonds is 5. The maximum Gasteiger partial charge on any atom is 0.573 e. The Morgan fingerprint density at radius 3 is 2.29 bits per heavy atom. The van der Waals surface area contributed by atoms with Gasteiger partial charge in [0.1, 0.15) is 5.75 Å².